The summed E-state index contributed by atoms with van der Waals surface area (Å²) >= 11 is 0. The molecule has 1 aliphatic rings. The summed E-state index contributed by atoms with van der Waals surface area (Å²) in [6.45, 7) is 2.01. The van der Waals surface area contributed by atoms with Crippen LogP contribution in [0.4, 0.5) is 0 Å². The van der Waals surface area contributed by atoms with Gasteiger partial charge in [-0.25, -0.2) is 4.79 Å². The van der Waals surface area contributed by atoms with E-state index in [1.165, 1.54) is 0 Å². The molecule has 0 aliphatic heterocycles. The number of hydrogen-bond donors (Lipinski definition) is 0. The maximum absolute atomic E-state index is 10.2. The van der Waals surface area contributed by atoms with Gasteiger partial charge in [-0.3, -0.25) is 4.98 Å². The maximum atomic E-state index is 10.2. The van der Waals surface area contributed by atoms with Gasteiger partial charge < -0.3 is 0 Å². The van der Waals surface area contributed by atoms with Crippen LogP contribution in [0.15, 0.2) is 23.5 Å². The highest BCUT2D eigenvalue weighted by Crippen LogP contribution is 2.49. The van der Waals surface area contributed by atoms with Crippen molar-refractivity contribution < 1.29 is 4.79 Å². The minimum atomic E-state index is -0.278. The number of aromatic nitrogens is 1. The highest BCUT2D eigenvalue weighted by atomic mass is 16.1. The Morgan fingerprint density at radius 2 is 2.38 bits per heavy atom. The van der Waals surface area contributed by atoms with Crippen LogP contribution < -0.4 is 0 Å². The molecule has 0 amide bonds. The van der Waals surface area contributed by atoms with Crippen molar-refractivity contribution in [2.24, 2.45) is 4.99 Å². The number of isocyanates is 1. The van der Waals surface area contributed by atoms with E-state index in [2.05, 4.69) is 9.98 Å². The molecule has 0 unspecified atom stereocenters. The van der Waals surface area contributed by atoms with E-state index in [4.69, 9.17) is 0 Å². The molecule has 1 aliphatic carbocycles. The molecule has 0 radical (unpaired) electrons. The van der Waals surface area contributed by atoms with E-state index < -0.39 is 0 Å². The summed E-state index contributed by atoms with van der Waals surface area (Å²) in [5.41, 5.74) is 1.94. The van der Waals surface area contributed by atoms with Crippen LogP contribution in [0.2, 0.25) is 0 Å². The average Bonchev–Trinajstić information content (AvgIpc) is 2.87. The van der Waals surface area contributed by atoms with Gasteiger partial charge >= 0.3 is 0 Å². The zero-order chi connectivity index (χ0) is 9.31. The number of aryl methyl sites for hydroxylation is 1. The Morgan fingerprint density at radius 3 is 2.92 bits per heavy atom. The lowest BCUT2D eigenvalue weighted by Crippen LogP contribution is -2.05. The molecule has 1 aromatic heterocycles. The minimum absolute atomic E-state index is 0.278. The van der Waals surface area contributed by atoms with E-state index in [-0.39, 0.29) is 5.54 Å². The van der Waals surface area contributed by atoms with E-state index in [0.29, 0.717) is 0 Å². The Morgan fingerprint density at radius 1 is 1.62 bits per heavy atom. The first-order valence-electron chi connectivity index (χ1n) is 4.29. The van der Waals surface area contributed by atoms with Crippen LogP contribution in [0.1, 0.15) is 24.0 Å². The Hall–Kier alpha value is -1.47. The van der Waals surface area contributed by atoms with Gasteiger partial charge in [0.05, 0.1) is 0 Å². The smallest absolute Gasteiger partial charge is 0.235 e. The predicted octanol–water partition coefficient (Wildman–Crippen LogP) is 1.71. The SMILES string of the molecule is Cc1ccncc1C1(N=C=O)CC1. The van der Waals surface area contributed by atoms with Gasteiger partial charge in [-0.05, 0) is 31.4 Å². The minimum Gasteiger partial charge on any atom is -0.264 e. The van der Waals surface area contributed by atoms with Gasteiger partial charge in [-0.2, -0.15) is 4.99 Å². The predicted molar refractivity (Wildman–Crippen MR) is 48.0 cm³/mol. The number of aliphatic imine (C=N–C) groups is 1. The first kappa shape index (κ1) is 8.14. The van der Waals surface area contributed by atoms with Crippen molar-refractivity contribution in [2.75, 3.05) is 0 Å². The van der Waals surface area contributed by atoms with Crippen LogP contribution in [-0.2, 0) is 10.3 Å². The quantitative estimate of drug-likeness (QED) is 0.506. The number of nitrogens with zero attached hydrogens (tertiary/aromatic N) is 2. The first-order valence-corrected chi connectivity index (χ1v) is 4.29. The molecule has 0 saturated heterocycles. The second-order valence-corrected chi connectivity index (χ2v) is 3.43. The lowest BCUT2D eigenvalue weighted by molar-refractivity contribution is 0.556. The molecule has 3 heteroatoms. The summed E-state index contributed by atoms with van der Waals surface area (Å²) in [4.78, 5) is 18.1. The maximum Gasteiger partial charge on any atom is 0.235 e. The Balaban J connectivity index is 2.46. The zero-order valence-corrected chi connectivity index (χ0v) is 7.45. The average molecular weight is 174 g/mol. The van der Waals surface area contributed by atoms with Gasteiger partial charge in [0.25, 0.3) is 0 Å². The third-order valence-corrected chi connectivity index (χ3v) is 2.52. The summed E-state index contributed by atoms with van der Waals surface area (Å²) in [6, 6.07) is 1.94. The van der Waals surface area contributed by atoms with Gasteiger partial charge in [0.15, 0.2) is 0 Å². The molecule has 1 heterocycles. The molecule has 1 aromatic rings. The zero-order valence-electron chi connectivity index (χ0n) is 7.45. The third-order valence-electron chi connectivity index (χ3n) is 2.52. The molecule has 1 fully saturated rings. The highest BCUT2D eigenvalue weighted by Gasteiger charge is 2.45. The monoisotopic (exact) mass is 174 g/mol. The first-order chi connectivity index (χ1) is 6.28. The molecule has 0 bridgehead atoms. The Labute approximate surface area is 76.5 Å². The van der Waals surface area contributed by atoms with Crippen molar-refractivity contribution in [2.45, 2.75) is 25.3 Å². The number of pyridine rings is 1. The lowest BCUT2D eigenvalue weighted by atomic mass is 10.0. The molecule has 13 heavy (non-hydrogen) atoms. The van der Waals surface area contributed by atoms with E-state index in [1.54, 1.807) is 18.5 Å². The fourth-order valence-corrected chi connectivity index (χ4v) is 1.60. The number of rotatable bonds is 2. The standard InChI is InChI=1S/C10H10N2O/c1-8-2-5-11-6-9(8)10(3-4-10)12-7-13/h2,5-6H,3-4H2,1H3. The summed E-state index contributed by atoms with van der Waals surface area (Å²) in [6.07, 6.45) is 7.07. The van der Waals surface area contributed by atoms with Crippen molar-refractivity contribution in [3.8, 4) is 0 Å². The molecule has 66 valence electrons. The second-order valence-electron chi connectivity index (χ2n) is 3.43. The second kappa shape index (κ2) is 2.79. The van der Waals surface area contributed by atoms with Gasteiger partial charge in [0.1, 0.15) is 5.54 Å². The van der Waals surface area contributed by atoms with Crippen molar-refractivity contribution in [3.63, 3.8) is 0 Å². The normalized spacial score (nSPS) is 17.6. The van der Waals surface area contributed by atoms with Crippen molar-refractivity contribution in [1.29, 1.82) is 0 Å². The Bertz CT molecular complexity index is 376. The topological polar surface area (TPSA) is 42.3 Å². The van der Waals surface area contributed by atoms with Crippen LogP contribution in [0.3, 0.4) is 0 Å². The molecular weight excluding hydrogens is 164 g/mol. The van der Waals surface area contributed by atoms with Gasteiger partial charge in [0, 0.05) is 18.0 Å². The van der Waals surface area contributed by atoms with Crippen LogP contribution in [-0.4, -0.2) is 11.1 Å². The summed E-state index contributed by atoms with van der Waals surface area (Å²) in [7, 11) is 0. The van der Waals surface area contributed by atoms with Crippen LogP contribution in [0, 0.1) is 6.92 Å². The van der Waals surface area contributed by atoms with Gasteiger partial charge in [-0.15, -0.1) is 0 Å². The summed E-state index contributed by atoms with van der Waals surface area (Å²) in [5.74, 6) is 0. The van der Waals surface area contributed by atoms with Gasteiger partial charge in [-0.1, -0.05) is 0 Å². The van der Waals surface area contributed by atoms with E-state index >= 15 is 0 Å². The third kappa shape index (κ3) is 1.27. The molecule has 0 spiro atoms. The highest BCUT2D eigenvalue weighted by molar-refractivity contribution is 5.42. The van der Waals surface area contributed by atoms with Gasteiger partial charge in [0.2, 0.25) is 6.08 Å². The van der Waals surface area contributed by atoms with Crippen molar-refractivity contribution in [1.82, 2.24) is 4.98 Å². The largest absolute Gasteiger partial charge is 0.264 e. The molecule has 0 atom stereocenters. The van der Waals surface area contributed by atoms with E-state index in [1.807, 2.05) is 13.0 Å². The summed E-state index contributed by atoms with van der Waals surface area (Å²) < 4.78 is 0. The van der Waals surface area contributed by atoms with E-state index in [0.717, 1.165) is 24.0 Å². The lowest BCUT2D eigenvalue weighted by Gasteiger charge is -2.09. The Kier molecular flexibility index (Phi) is 1.74. The summed E-state index contributed by atoms with van der Waals surface area (Å²) in [5, 5.41) is 0. The molecule has 3 nitrogen and oxygen atoms in total. The number of hydrogen-bond acceptors (Lipinski definition) is 3. The molecular formula is C10H10N2O. The van der Waals surface area contributed by atoms with E-state index in [9.17, 15) is 4.79 Å². The van der Waals surface area contributed by atoms with Crippen LogP contribution in [0.25, 0.3) is 0 Å². The van der Waals surface area contributed by atoms with Crippen molar-refractivity contribution >= 4 is 6.08 Å². The van der Waals surface area contributed by atoms with Crippen LogP contribution in [0.5, 0.6) is 0 Å². The molecule has 0 aromatic carbocycles. The molecule has 2 rings (SSSR count). The fraction of sp³-hybridized carbons (Fsp3) is 0.400. The van der Waals surface area contributed by atoms with Crippen molar-refractivity contribution in [3.05, 3.63) is 29.6 Å². The van der Waals surface area contributed by atoms with Crippen LogP contribution >= 0.6 is 0 Å². The molecule has 0 N–H and O–H groups in total. The molecule has 1 saturated carbocycles. The number of carbonyl (C=O) groups excluding carboxylic acids is 1. The fourth-order valence-electron chi connectivity index (χ4n) is 1.60.